The second-order valence-corrected chi connectivity index (χ2v) is 7.23. The van der Waals surface area contributed by atoms with Crippen LogP contribution < -0.4 is 15.8 Å². The molecule has 29 heavy (non-hydrogen) atoms. The van der Waals surface area contributed by atoms with E-state index in [0.29, 0.717) is 34.0 Å². The summed E-state index contributed by atoms with van der Waals surface area (Å²) in [5.41, 5.74) is 4.43. The van der Waals surface area contributed by atoms with Crippen LogP contribution in [-0.4, -0.2) is 31.4 Å². The number of nitrogens with zero attached hydrogens (tertiary/aromatic N) is 2. The summed E-state index contributed by atoms with van der Waals surface area (Å²) in [5.74, 6) is -0.342. The molecular weight excluding hydrogens is 389 g/mol. The minimum atomic E-state index is -0.976. The molecule has 6 nitrogen and oxygen atoms in total. The molecule has 0 saturated carbocycles. The lowest BCUT2D eigenvalue weighted by Crippen LogP contribution is -2.41. The number of allylic oxidation sites excluding steroid dienone is 1. The molecule has 1 aliphatic rings. The van der Waals surface area contributed by atoms with E-state index >= 15 is 0 Å². The van der Waals surface area contributed by atoms with Gasteiger partial charge in [-0.25, -0.2) is 5.01 Å². The molecule has 0 radical (unpaired) electrons. The highest BCUT2D eigenvalue weighted by Gasteiger charge is 2.25. The Bertz CT molecular complexity index is 964. The highest BCUT2D eigenvalue weighted by molar-refractivity contribution is 6.61. The lowest BCUT2D eigenvalue weighted by atomic mass is 9.73. The van der Waals surface area contributed by atoms with Crippen LogP contribution >= 0.6 is 11.6 Å². The quantitative estimate of drug-likeness (QED) is 0.433. The minimum Gasteiger partial charge on any atom is -0.423 e. The van der Waals surface area contributed by atoms with Crippen molar-refractivity contribution < 1.29 is 14.5 Å². The molecule has 0 aromatic heterocycles. The Labute approximate surface area is 176 Å². The smallest absolute Gasteiger partial charge is 0.423 e. The van der Waals surface area contributed by atoms with Crippen LogP contribution in [-0.2, 0) is 11.1 Å². The van der Waals surface area contributed by atoms with E-state index in [2.05, 4.69) is 24.1 Å². The van der Waals surface area contributed by atoms with Crippen LogP contribution in [0.5, 0.6) is 0 Å². The number of halogens is 1. The summed E-state index contributed by atoms with van der Waals surface area (Å²) < 4.78 is 5.25. The standard InChI is InChI=1S/C21H23BClN3O3/c1-4-14(2)13-26(24-3)17-7-8-18(20(23)12-17)21(27)25-16-6-5-15-9-10-29-22(28)19(15)11-16/h5-8,11-13,28H,3-4,9-10H2,1-2H3,(H,25,27). The number of carbonyl (C=O) groups is 1. The first-order valence-electron chi connectivity index (χ1n) is 9.39. The van der Waals surface area contributed by atoms with Gasteiger partial charge in [0, 0.05) is 25.2 Å². The average Bonchev–Trinajstić information content (AvgIpc) is 2.72. The van der Waals surface area contributed by atoms with E-state index in [0.717, 1.165) is 24.0 Å². The lowest BCUT2D eigenvalue weighted by molar-refractivity contribution is 0.102. The third-order valence-electron chi connectivity index (χ3n) is 4.83. The number of benzene rings is 2. The van der Waals surface area contributed by atoms with Crippen molar-refractivity contribution in [3.8, 4) is 0 Å². The van der Waals surface area contributed by atoms with Crippen molar-refractivity contribution in [2.45, 2.75) is 26.7 Å². The van der Waals surface area contributed by atoms with Crippen LogP contribution in [0.15, 0.2) is 53.3 Å². The molecule has 0 fully saturated rings. The molecule has 0 aliphatic carbocycles. The van der Waals surface area contributed by atoms with Gasteiger partial charge >= 0.3 is 7.12 Å². The van der Waals surface area contributed by atoms with Gasteiger partial charge in [-0.1, -0.05) is 30.2 Å². The molecule has 3 rings (SSSR count). The first-order valence-corrected chi connectivity index (χ1v) is 9.77. The summed E-state index contributed by atoms with van der Waals surface area (Å²) in [6, 6.07) is 10.5. The highest BCUT2D eigenvalue weighted by atomic mass is 35.5. The second-order valence-electron chi connectivity index (χ2n) is 6.82. The van der Waals surface area contributed by atoms with Crippen LogP contribution in [0.1, 0.15) is 36.2 Å². The maximum atomic E-state index is 12.7. The van der Waals surface area contributed by atoms with Gasteiger partial charge in [0.15, 0.2) is 0 Å². The average molecular weight is 412 g/mol. The number of anilines is 2. The number of hydrogen-bond acceptors (Lipinski definition) is 5. The molecule has 1 heterocycles. The van der Waals surface area contributed by atoms with Gasteiger partial charge in [0.05, 0.1) is 16.3 Å². The summed E-state index contributed by atoms with van der Waals surface area (Å²) in [7, 11) is -0.976. The Balaban J connectivity index is 1.80. The monoisotopic (exact) mass is 411 g/mol. The van der Waals surface area contributed by atoms with Gasteiger partial charge in [-0.15, -0.1) is 0 Å². The van der Waals surface area contributed by atoms with E-state index < -0.39 is 7.12 Å². The third kappa shape index (κ3) is 4.88. The Hall–Kier alpha value is -2.61. The SMILES string of the molecule is C=NN(C=C(C)CC)c1ccc(C(=O)Nc2ccc3c(c2)B(O)OCC3)c(Cl)c1. The number of rotatable bonds is 6. The normalized spacial score (nSPS) is 13.7. The first kappa shape index (κ1) is 21.1. The molecule has 1 amide bonds. The fourth-order valence-electron chi connectivity index (χ4n) is 3.03. The highest BCUT2D eigenvalue weighted by Crippen LogP contribution is 2.26. The van der Waals surface area contributed by atoms with Gasteiger partial charge in [-0.3, -0.25) is 4.79 Å². The maximum absolute atomic E-state index is 12.7. The first-order chi connectivity index (χ1) is 13.9. The molecule has 0 atom stereocenters. The molecular formula is C21H23BClN3O3. The van der Waals surface area contributed by atoms with Crippen molar-refractivity contribution in [1.29, 1.82) is 0 Å². The van der Waals surface area contributed by atoms with E-state index in [1.54, 1.807) is 35.3 Å². The second kappa shape index (κ2) is 9.26. The van der Waals surface area contributed by atoms with Gasteiger partial charge < -0.3 is 15.0 Å². The molecule has 1 aliphatic heterocycles. The molecule has 2 N–H and O–H groups in total. The zero-order chi connectivity index (χ0) is 21.0. The van der Waals surface area contributed by atoms with Crippen molar-refractivity contribution in [1.82, 2.24) is 0 Å². The molecule has 0 saturated heterocycles. The van der Waals surface area contributed by atoms with E-state index in [1.165, 1.54) is 0 Å². The Kier molecular flexibility index (Phi) is 6.74. The van der Waals surface area contributed by atoms with Gasteiger partial charge in [0.2, 0.25) is 0 Å². The number of amides is 1. The molecule has 150 valence electrons. The largest absolute Gasteiger partial charge is 0.491 e. The van der Waals surface area contributed by atoms with Crippen LogP contribution in [0.25, 0.3) is 0 Å². The minimum absolute atomic E-state index is 0.303. The molecule has 2 aromatic carbocycles. The predicted molar refractivity (Wildman–Crippen MR) is 119 cm³/mol. The summed E-state index contributed by atoms with van der Waals surface area (Å²) >= 11 is 6.37. The van der Waals surface area contributed by atoms with E-state index in [-0.39, 0.29) is 5.91 Å². The topological polar surface area (TPSA) is 74.2 Å². The van der Waals surface area contributed by atoms with Crippen molar-refractivity contribution in [3.63, 3.8) is 0 Å². The van der Waals surface area contributed by atoms with Crippen molar-refractivity contribution >= 4 is 48.2 Å². The maximum Gasteiger partial charge on any atom is 0.491 e. The zero-order valence-corrected chi connectivity index (χ0v) is 17.2. The van der Waals surface area contributed by atoms with Crippen molar-refractivity contribution in [3.05, 3.63) is 64.3 Å². The third-order valence-corrected chi connectivity index (χ3v) is 5.14. The number of nitrogens with one attached hydrogen (secondary N) is 1. The fraction of sp³-hybridized carbons (Fsp3) is 0.238. The fourth-order valence-corrected chi connectivity index (χ4v) is 3.29. The van der Waals surface area contributed by atoms with E-state index in [9.17, 15) is 9.82 Å². The van der Waals surface area contributed by atoms with Crippen LogP contribution in [0.4, 0.5) is 11.4 Å². The van der Waals surface area contributed by atoms with Gasteiger partial charge in [0.1, 0.15) is 0 Å². The predicted octanol–water partition coefficient (Wildman–Crippen LogP) is 3.59. The van der Waals surface area contributed by atoms with Gasteiger partial charge in [-0.05, 0) is 61.1 Å². The summed E-state index contributed by atoms with van der Waals surface area (Å²) in [6.07, 6.45) is 3.49. The van der Waals surface area contributed by atoms with Crippen molar-refractivity contribution in [2.24, 2.45) is 5.10 Å². The van der Waals surface area contributed by atoms with Crippen molar-refractivity contribution in [2.75, 3.05) is 16.9 Å². The molecule has 2 aromatic rings. The summed E-state index contributed by atoms with van der Waals surface area (Å²) in [5, 5.41) is 18.7. The lowest BCUT2D eigenvalue weighted by Gasteiger charge is -2.20. The molecule has 0 spiro atoms. The van der Waals surface area contributed by atoms with Crippen LogP contribution in [0.2, 0.25) is 5.02 Å². The molecule has 0 bridgehead atoms. The molecule has 0 unspecified atom stereocenters. The number of hydrazone groups is 1. The van der Waals surface area contributed by atoms with E-state index in [4.69, 9.17) is 16.3 Å². The van der Waals surface area contributed by atoms with Crippen LogP contribution in [0, 0.1) is 0 Å². The number of carbonyl (C=O) groups excluding carboxylic acids is 1. The molecule has 8 heteroatoms. The number of fused-ring (bicyclic) bond motifs is 1. The Morgan fingerprint density at radius 1 is 1.41 bits per heavy atom. The van der Waals surface area contributed by atoms with Gasteiger partial charge in [0.25, 0.3) is 5.91 Å². The number of hydrogen-bond donors (Lipinski definition) is 2. The zero-order valence-electron chi connectivity index (χ0n) is 16.5. The summed E-state index contributed by atoms with van der Waals surface area (Å²) in [6.45, 7) is 8.12. The van der Waals surface area contributed by atoms with E-state index in [1.807, 2.05) is 19.2 Å². The van der Waals surface area contributed by atoms with Crippen LogP contribution in [0.3, 0.4) is 0 Å². The summed E-state index contributed by atoms with van der Waals surface area (Å²) in [4.78, 5) is 12.7. The van der Waals surface area contributed by atoms with Gasteiger partial charge in [-0.2, -0.15) is 5.10 Å². The Morgan fingerprint density at radius 3 is 2.90 bits per heavy atom. The Morgan fingerprint density at radius 2 is 2.21 bits per heavy atom.